The highest BCUT2D eigenvalue weighted by Gasteiger charge is 2.44. The second-order valence-corrected chi connectivity index (χ2v) is 8.13. The zero-order valence-electron chi connectivity index (χ0n) is 18.2. The molecule has 2 aromatic carbocycles. The molecule has 33 heavy (non-hydrogen) atoms. The summed E-state index contributed by atoms with van der Waals surface area (Å²) in [5, 5.41) is 10.3. The number of rotatable bonds is 7. The molecule has 0 aromatic heterocycles. The molecular formula is C24H25F4NO4. The lowest BCUT2D eigenvalue weighted by Crippen LogP contribution is -2.34. The van der Waals surface area contributed by atoms with E-state index in [4.69, 9.17) is 14.5 Å². The normalized spacial score (nSPS) is 22.3. The van der Waals surface area contributed by atoms with Gasteiger partial charge in [-0.05, 0) is 68.1 Å². The minimum Gasteiger partial charge on any atom is -0.493 e. The van der Waals surface area contributed by atoms with E-state index in [1.807, 2.05) is 19.1 Å². The summed E-state index contributed by atoms with van der Waals surface area (Å²) >= 11 is 0. The van der Waals surface area contributed by atoms with E-state index in [0.717, 1.165) is 11.1 Å². The van der Waals surface area contributed by atoms with Gasteiger partial charge in [0.05, 0.1) is 31.6 Å². The summed E-state index contributed by atoms with van der Waals surface area (Å²) in [6, 6.07) is 9.15. The molecular weight excluding hydrogens is 442 g/mol. The molecule has 2 aromatic rings. The van der Waals surface area contributed by atoms with Crippen molar-refractivity contribution in [1.82, 2.24) is 0 Å². The number of fused-ring (bicyclic) bond motifs is 3. The number of methoxy groups -OCH3 is 1. The molecule has 1 fully saturated rings. The predicted molar refractivity (Wildman–Crippen MR) is 114 cm³/mol. The maximum absolute atomic E-state index is 13.2. The number of ether oxygens (including phenoxy) is 3. The average molecular weight is 467 g/mol. The minimum absolute atomic E-state index is 0.00459. The third kappa shape index (κ3) is 4.64. The Morgan fingerprint density at radius 3 is 2.48 bits per heavy atom. The van der Waals surface area contributed by atoms with Crippen molar-refractivity contribution in [2.75, 3.05) is 13.7 Å². The van der Waals surface area contributed by atoms with Crippen LogP contribution in [-0.2, 0) is 0 Å². The number of aliphatic imine (C=N–C) groups is 1. The van der Waals surface area contributed by atoms with Gasteiger partial charge in [0.2, 0.25) is 0 Å². The lowest BCUT2D eigenvalue weighted by atomic mass is 9.74. The third-order valence-electron chi connectivity index (χ3n) is 6.01. The SMILES string of the molecule is CCOc1cc2c(cc1OC)C(c1ccc(OC(F)(F)C(F)F)cc1)=NC1CCC(O)CC21. The molecule has 1 saturated carbocycles. The molecule has 3 unspecified atom stereocenters. The molecule has 0 radical (unpaired) electrons. The highest BCUT2D eigenvalue weighted by atomic mass is 19.3. The lowest BCUT2D eigenvalue weighted by molar-refractivity contribution is -0.253. The van der Waals surface area contributed by atoms with E-state index in [0.29, 0.717) is 48.6 Å². The van der Waals surface area contributed by atoms with Gasteiger partial charge in [0, 0.05) is 17.0 Å². The molecule has 3 atom stereocenters. The van der Waals surface area contributed by atoms with E-state index < -0.39 is 18.6 Å². The fraction of sp³-hybridized carbons (Fsp3) is 0.458. The van der Waals surface area contributed by atoms with Gasteiger partial charge in [-0.3, -0.25) is 4.99 Å². The number of benzene rings is 2. The van der Waals surface area contributed by atoms with E-state index in [1.54, 1.807) is 0 Å². The summed E-state index contributed by atoms with van der Waals surface area (Å²) in [5.41, 5.74) is 3.02. The van der Waals surface area contributed by atoms with Gasteiger partial charge >= 0.3 is 12.5 Å². The van der Waals surface area contributed by atoms with Gasteiger partial charge in [0.1, 0.15) is 5.75 Å². The standard InChI is InChI=1S/C24H25F4NO4/c1-3-32-21-11-16-17-10-14(30)6-9-19(17)29-22(18(16)12-20(21)31-2)13-4-7-15(8-5-13)33-24(27,28)23(25)26/h4-5,7-8,11-12,14,17,19,23,30H,3,6,9-10H2,1-2H3. The van der Waals surface area contributed by atoms with Crippen molar-refractivity contribution < 1.29 is 36.9 Å². The Bertz CT molecular complexity index is 1030. The van der Waals surface area contributed by atoms with E-state index in [9.17, 15) is 22.7 Å². The van der Waals surface area contributed by atoms with Crippen LogP contribution in [0.4, 0.5) is 17.6 Å². The molecule has 178 valence electrons. The smallest absolute Gasteiger partial charge is 0.461 e. The molecule has 5 nitrogen and oxygen atoms in total. The van der Waals surface area contributed by atoms with Gasteiger partial charge in [0.25, 0.3) is 0 Å². The Balaban J connectivity index is 1.74. The largest absolute Gasteiger partial charge is 0.493 e. The van der Waals surface area contributed by atoms with Crippen molar-refractivity contribution in [3.05, 3.63) is 53.1 Å². The Morgan fingerprint density at radius 1 is 1.12 bits per heavy atom. The number of halogens is 4. The van der Waals surface area contributed by atoms with Gasteiger partial charge in [-0.25, -0.2) is 0 Å². The van der Waals surface area contributed by atoms with Crippen LogP contribution in [0.1, 0.15) is 48.8 Å². The first-order chi connectivity index (χ1) is 15.7. The molecule has 0 saturated heterocycles. The molecule has 9 heteroatoms. The van der Waals surface area contributed by atoms with Crippen LogP contribution >= 0.6 is 0 Å². The van der Waals surface area contributed by atoms with Crippen molar-refractivity contribution in [2.24, 2.45) is 4.99 Å². The minimum atomic E-state index is -4.57. The first-order valence-corrected chi connectivity index (χ1v) is 10.8. The molecule has 0 amide bonds. The van der Waals surface area contributed by atoms with Crippen LogP contribution in [0.25, 0.3) is 0 Å². The van der Waals surface area contributed by atoms with Gasteiger partial charge in [-0.1, -0.05) is 0 Å². The second-order valence-electron chi connectivity index (χ2n) is 8.13. The summed E-state index contributed by atoms with van der Waals surface area (Å²) in [5.74, 6) is 0.750. The molecule has 0 bridgehead atoms. The number of hydrogen-bond donors (Lipinski definition) is 1. The average Bonchev–Trinajstić information content (AvgIpc) is 2.79. The summed E-state index contributed by atoms with van der Waals surface area (Å²) in [7, 11) is 1.53. The molecule has 1 aliphatic heterocycles. The van der Waals surface area contributed by atoms with Crippen molar-refractivity contribution in [3.8, 4) is 17.2 Å². The van der Waals surface area contributed by atoms with Crippen LogP contribution in [0, 0.1) is 0 Å². The highest BCUT2D eigenvalue weighted by Crippen LogP contribution is 2.45. The number of aliphatic hydroxyl groups is 1. The zero-order valence-corrected chi connectivity index (χ0v) is 18.2. The second kappa shape index (κ2) is 9.21. The van der Waals surface area contributed by atoms with Crippen LogP contribution < -0.4 is 14.2 Å². The first kappa shape index (κ1) is 23.4. The molecule has 4 rings (SSSR count). The lowest BCUT2D eigenvalue weighted by Gasteiger charge is -2.37. The number of nitrogens with zero attached hydrogens (tertiary/aromatic N) is 1. The van der Waals surface area contributed by atoms with Crippen LogP contribution in [-0.4, -0.2) is 49.2 Å². The predicted octanol–water partition coefficient (Wildman–Crippen LogP) is 5.18. The van der Waals surface area contributed by atoms with Crippen molar-refractivity contribution in [2.45, 2.75) is 56.8 Å². The molecule has 1 N–H and O–H groups in total. The molecule has 1 aliphatic carbocycles. The number of aliphatic hydroxyl groups excluding tert-OH is 1. The Labute approximate surface area is 189 Å². The summed E-state index contributed by atoms with van der Waals surface area (Å²) in [6.07, 6.45) is -7.01. The Kier molecular flexibility index (Phi) is 6.52. The van der Waals surface area contributed by atoms with E-state index in [1.165, 1.54) is 31.4 Å². The monoisotopic (exact) mass is 467 g/mol. The highest BCUT2D eigenvalue weighted by molar-refractivity contribution is 6.15. The summed E-state index contributed by atoms with van der Waals surface area (Å²) in [4.78, 5) is 4.93. The van der Waals surface area contributed by atoms with Crippen molar-refractivity contribution in [1.29, 1.82) is 0 Å². The molecule has 0 spiro atoms. The first-order valence-electron chi connectivity index (χ1n) is 10.8. The molecule has 2 aliphatic rings. The van der Waals surface area contributed by atoms with Crippen LogP contribution in [0.15, 0.2) is 41.4 Å². The number of hydrogen-bond acceptors (Lipinski definition) is 5. The van der Waals surface area contributed by atoms with Gasteiger partial charge in [0.15, 0.2) is 11.5 Å². The van der Waals surface area contributed by atoms with Gasteiger partial charge < -0.3 is 19.3 Å². The van der Waals surface area contributed by atoms with E-state index in [2.05, 4.69) is 4.74 Å². The fourth-order valence-corrected chi connectivity index (χ4v) is 4.48. The van der Waals surface area contributed by atoms with Crippen LogP contribution in [0.3, 0.4) is 0 Å². The van der Waals surface area contributed by atoms with Gasteiger partial charge in [-0.2, -0.15) is 17.6 Å². The van der Waals surface area contributed by atoms with Crippen LogP contribution in [0.5, 0.6) is 17.2 Å². The summed E-state index contributed by atoms with van der Waals surface area (Å²) in [6.45, 7) is 2.33. The maximum Gasteiger partial charge on any atom is 0.461 e. The zero-order chi connectivity index (χ0) is 23.8. The van der Waals surface area contributed by atoms with Gasteiger partial charge in [-0.15, -0.1) is 0 Å². The Hall–Kier alpha value is -2.81. The van der Waals surface area contributed by atoms with Crippen LogP contribution in [0.2, 0.25) is 0 Å². The summed E-state index contributed by atoms with van der Waals surface area (Å²) < 4.78 is 66.8. The third-order valence-corrected chi connectivity index (χ3v) is 6.01. The van der Waals surface area contributed by atoms with Crippen molar-refractivity contribution >= 4 is 5.71 Å². The molecule has 1 heterocycles. The Morgan fingerprint density at radius 2 is 1.85 bits per heavy atom. The van der Waals surface area contributed by atoms with E-state index in [-0.39, 0.29) is 17.7 Å². The maximum atomic E-state index is 13.2. The topological polar surface area (TPSA) is 60.3 Å². The quantitative estimate of drug-likeness (QED) is 0.571. The number of alkyl halides is 4. The van der Waals surface area contributed by atoms with Crippen molar-refractivity contribution in [3.63, 3.8) is 0 Å². The fourth-order valence-electron chi connectivity index (χ4n) is 4.48. The van der Waals surface area contributed by atoms with E-state index >= 15 is 0 Å².